The topological polar surface area (TPSA) is 24.5 Å². The Labute approximate surface area is 122 Å². The molecule has 0 aliphatic carbocycles. The Hall–Kier alpha value is -1.06. The molecule has 0 radical (unpaired) electrons. The minimum Gasteiger partial charge on any atom is -0.488 e. The Morgan fingerprint density at radius 3 is 2.95 bits per heavy atom. The van der Waals surface area contributed by atoms with Crippen LogP contribution in [-0.2, 0) is 6.42 Å². The summed E-state index contributed by atoms with van der Waals surface area (Å²) in [5.74, 6) is 1.08. The highest BCUT2D eigenvalue weighted by Gasteiger charge is 2.23. The van der Waals surface area contributed by atoms with E-state index in [-0.39, 0.29) is 0 Å². The largest absolute Gasteiger partial charge is 0.488 e. The Morgan fingerprint density at radius 2 is 2.15 bits per heavy atom. The molecule has 1 saturated heterocycles. The van der Waals surface area contributed by atoms with E-state index in [1.165, 1.54) is 43.6 Å². The van der Waals surface area contributed by atoms with Crippen LogP contribution in [0.15, 0.2) is 18.2 Å². The van der Waals surface area contributed by atoms with E-state index >= 15 is 0 Å². The van der Waals surface area contributed by atoms with Crippen molar-refractivity contribution in [1.29, 1.82) is 0 Å². The van der Waals surface area contributed by atoms with Crippen molar-refractivity contribution in [2.75, 3.05) is 26.2 Å². The molecule has 0 saturated carbocycles. The first kappa shape index (κ1) is 13.9. The van der Waals surface area contributed by atoms with Gasteiger partial charge in [-0.15, -0.1) is 0 Å². The van der Waals surface area contributed by atoms with Crippen LogP contribution in [0.1, 0.15) is 30.9 Å². The van der Waals surface area contributed by atoms with Gasteiger partial charge in [0.1, 0.15) is 11.9 Å². The van der Waals surface area contributed by atoms with Gasteiger partial charge in [-0.3, -0.25) is 0 Å². The summed E-state index contributed by atoms with van der Waals surface area (Å²) in [6, 6.07) is 7.04. The smallest absolute Gasteiger partial charge is 0.123 e. The third-order valence-electron chi connectivity index (χ3n) is 4.38. The maximum absolute atomic E-state index is 6.01. The molecule has 0 amide bonds. The average molecular weight is 274 g/mol. The number of ether oxygens (including phenoxy) is 1. The number of fused-ring (bicyclic) bond motifs is 1. The van der Waals surface area contributed by atoms with Gasteiger partial charge in [-0.25, -0.2) is 0 Å². The van der Waals surface area contributed by atoms with E-state index < -0.39 is 0 Å². The molecule has 0 aromatic heterocycles. The van der Waals surface area contributed by atoms with Gasteiger partial charge in [-0.1, -0.05) is 17.7 Å². The van der Waals surface area contributed by atoms with Crippen LogP contribution in [0.3, 0.4) is 0 Å². The minimum absolute atomic E-state index is 0.299. The third kappa shape index (κ3) is 3.33. The number of hydrogen-bond acceptors (Lipinski definition) is 3. The van der Waals surface area contributed by atoms with Gasteiger partial charge in [0.2, 0.25) is 0 Å². The molecule has 1 fully saturated rings. The van der Waals surface area contributed by atoms with Gasteiger partial charge in [-0.2, -0.15) is 0 Å². The lowest BCUT2D eigenvalue weighted by atomic mass is 10.1. The van der Waals surface area contributed by atoms with Gasteiger partial charge < -0.3 is 15.0 Å². The molecule has 3 rings (SSSR count). The highest BCUT2D eigenvalue weighted by atomic mass is 16.5. The van der Waals surface area contributed by atoms with Crippen molar-refractivity contribution in [3.63, 3.8) is 0 Å². The monoisotopic (exact) mass is 274 g/mol. The Kier molecular flexibility index (Phi) is 4.27. The van der Waals surface area contributed by atoms with E-state index in [1.54, 1.807) is 0 Å². The van der Waals surface area contributed by atoms with Crippen LogP contribution >= 0.6 is 0 Å². The first-order valence-corrected chi connectivity index (χ1v) is 7.92. The number of nitrogens with one attached hydrogen (secondary N) is 1. The van der Waals surface area contributed by atoms with Crippen molar-refractivity contribution < 1.29 is 4.74 Å². The summed E-state index contributed by atoms with van der Waals surface area (Å²) in [4.78, 5) is 2.56. The SMILES string of the molecule is Cc1ccc2c(c1)CC(CNC(C)CN1CCCC1)O2. The molecule has 2 unspecified atom stereocenters. The Morgan fingerprint density at radius 1 is 1.35 bits per heavy atom. The van der Waals surface area contributed by atoms with E-state index in [0.29, 0.717) is 12.1 Å². The first-order valence-electron chi connectivity index (χ1n) is 7.92. The summed E-state index contributed by atoms with van der Waals surface area (Å²) in [5.41, 5.74) is 2.69. The molecule has 2 heterocycles. The number of rotatable bonds is 5. The first-order chi connectivity index (χ1) is 9.70. The van der Waals surface area contributed by atoms with Crippen LogP contribution in [0, 0.1) is 6.92 Å². The van der Waals surface area contributed by atoms with Crippen LogP contribution < -0.4 is 10.1 Å². The molecule has 2 aliphatic rings. The predicted octanol–water partition coefficient (Wildman–Crippen LogP) is 2.37. The third-order valence-corrected chi connectivity index (χ3v) is 4.38. The molecule has 2 atom stereocenters. The van der Waals surface area contributed by atoms with E-state index in [0.717, 1.165) is 18.7 Å². The lowest BCUT2D eigenvalue weighted by Gasteiger charge is -2.22. The second-order valence-corrected chi connectivity index (χ2v) is 6.37. The number of benzene rings is 1. The summed E-state index contributed by atoms with van der Waals surface area (Å²) in [7, 11) is 0. The normalized spacial score (nSPS) is 23.6. The van der Waals surface area contributed by atoms with E-state index in [1.807, 2.05) is 0 Å². The molecule has 3 nitrogen and oxygen atoms in total. The van der Waals surface area contributed by atoms with Crippen LogP contribution in [0.25, 0.3) is 0 Å². The van der Waals surface area contributed by atoms with Crippen LogP contribution in [0.4, 0.5) is 0 Å². The molecule has 110 valence electrons. The van der Waals surface area contributed by atoms with Crippen molar-refractivity contribution >= 4 is 0 Å². The summed E-state index contributed by atoms with van der Waals surface area (Å²) >= 11 is 0. The van der Waals surface area contributed by atoms with Crippen molar-refractivity contribution in [3.05, 3.63) is 29.3 Å². The standard InChI is InChI=1S/C17H26N2O/c1-13-5-6-17-15(9-13)10-16(20-17)11-18-14(2)12-19-7-3-4-8-19/h5-6,9,14,16,18H,3-4,7-8,10-12H2,1-2H3. The zero-order valence-electron chi connectivity index (χ0n) is 12.7. The highest BCUT2D eigenvalue weighted by molar-refractivity contribution is 5.40. The maximum Gasteiger partial charge on any atom is 0.123 e. The average Bonchev–Trinajstić information content (AvgIpc) is 3.04. The molecule has 1 aromatic rings. The summed E-state index contributed by atoms with van der Waals surface area (Å²) in [5, 5.41) is 3.63. The highest BCUT2D eigenvalue weighted by Crippen LogP contribution is 2.29. The summed E-state index contributed by atoms with van der Waals surface area (Å²) in [6.07, 6.45) is 4.08. The van der Waals surface area contributed by atoms with Crippen molar-refractivity contribution in [2.45, 2.75) is 45.3 Å². The van der Waals surface area contributed by atoms with E-state index in [9.17, 15) is 0 Å². The number of likely N-dealkylation sites (tertiary alicyclic amines) is 1. The minimum atomic E-state index is 0.299. The maximum atomic E-state index is 6.01. The zero-order chi connectivity index (χ0) is 13.9. The fourth-order valence-electron chi connectivity index (χ4n) is 3.31. The van der Waals surface area contributed by atoms with Crippen LogP contribution in [-0.4, -0.2) is 43.2 Å². The molecule has 3 heteroatoms. The lowest BCUT2D eigenvalue weighted by molar-refractivity contribution is 0.213. The van der Waals surface area contributed by atoms with Gasteiger partial charge in [0.05, 0.1) is 0 Å². The zero-order valence-corrected chi connectivity index (χ0v) is 12.7. The van der Waals surface area contributed by atoms with Gasteiger partial charge >= 0.3 is 0 Å². The molecule has 2 aliphatic heterocycles. The van der Waals surface area contributed by atoms with Crippen molar-refractivity contribution in [1.82, 2.24) is 10.2 Å². The fraction of sp³-hybridized carbons (Fsp3) is 0.647. The van der Waals surface area contributed by atoms with Gasteiger partial charge in [-0.05, 0) is 51.4 Å². The lowest BCUT2D eigenvalue weighted by Crippen LogP contribution is -2.42. The van der Waals surface area contributed by atoms with Gasteiger partial charge in [0.25, 0.3) is 0 Å². The summed E-state index contributed by atoms with van der Waals surface area (Å²) in [6.45, 7) is 9.09. The Bertz CT molecular complexity index is 454. The molecular formula is C17H26N2O. The molecule has 1 N–H and O–H groups in total. The Balaban J connectivity index is 1.43. The number of aryl methyl sites for hydroxylation is 1. The molecule has 0 spiro atoms. The number of nitrogens with zero attached hydrogens (tertiary/aromatic N) is 1. The molecule has 0 bridgehead atoms. The van der Waals surface area contributed by atoms with Gasteiger partial charge in [0.15, 0.2) is 0 Å². The second-order valence-electron chi connectivity index (χ2n) is 6.37. The quantitative estimate of drug-likeness (QED) is 0.892. The van der Waals surface area contributed by atoms with Crippen LogP contribution in [0.5, 0.6) is 5.75 Å². The predicted molar refractivity (Wildman–Crippen MR) is 82.4 cm³/mol. The van der Waals surface area contributed by atoms with Gasteiger partial charge in [0, 0.05) is 25.6 Å². The second kappa shape index (κ2) is 6.15. The summed E-state index contributed by atoms with van der Waals surface area (Å²) < 4.78 is 6.01. The number of hydrogen-bond donors (Lipinski definition) is 1. The molecule has 1 aromatic carbocycles. The van der Waals surface area contributed by atoms with E-state index in [4.69, 9.17) is 4.74 Å². The van der Waals surface area contributed by atoms with Crippen molar-refractivity contribution in [2.24, 2.45) is 0 Å². The molecular weight excluding hydrogens is 248 g/mol. The van der Waals surface area contributed by atoms with Crippen molar-refractivity contribution in [3.8, 4) is 5.75 Å². The molecule has 20 heavy (non-hydrogen) atoms. The fourth-order valence-corrected chi connectivity index (χ4v) is 3.31. The van der Waals surface area contributed by atoms with E-state index in [2.05, 4.69) is 42.3 Å². The van der Waals surface area contributed by atoms with Crippen LogP contribution in [0.2, 0.25) is 0 Å².